The molecule has 4 aliphatic rings. The monoisotopic (exact) mass is 273 g/mol. The molecule has 0 unspecified atom stereocenters. The highest BCUT2D eigenvalue weighted by Crippen LogP contribution is 2.59. The predicted octanol–water partition coefficient (Wildman–Crippen LogP) is 2.03. The summed E-state index contributed by atoms with van der Waals surface area (Å²) in [5.74, 6) is 4.18. The van der Waals surface area contributed by atoms with Gasteiger partial charge in [-0.1, -0.05) is 0 Å². The molecule has 0 atom stereocenters. The fourth-order valence-electron chi connectivity index (χ4n) is 5.36. The normalized spacial score (nSPS) is 38.4. The smallest absolute Gasteiger partial charge is 0.268 e. The number of aromatic nitrogens is 2. The summed E-state index contributed by atoms with van der Waals surface area (Å²) in [6, 6.07) is 2.06. The second kappa shape index (κ2) is 4.69. The predicted molar refractivity (Wildman–Crippen MR) is 77.4 cm³/mol. The standard InChI is InChI=1S/C16H23N3O/c1-17-8-13-7-14(18-19-16(13)20)15-11-3-9-2-10(5-11)6-12(15)4-9/h7,9-12,15,17H,2-6,8H2,1H3,(H,19,20). The molecule has 0 amide bonds. The van der Waals surface area contributed by atoms with E-state index in [1.54, 1.807) is 0 Å². The number of hydrogen-bond acceptors (Lipinski definition) is 3. The van der Waals surface area contributed by atoms with Crippen molar-refractivity contribution in [1.29, 1.82) is 0 Å². The number of aromatic amines is 1. The summed E-state index contributed by atoms with van der Waals surface area (Å²) in [4.78, 5) is 11.8. The molecule has 0 saturated heterocycles. The van der Waals surface area contributed by atoms with Crippen LogP contribution in [0.1, 0.15) is 49.3 Å². The number of H-pyrrole nitrogens is 1. The van der Waals surface area contributed by atoms with Gasteiger partial charge in [0.05, 0.1) is 5.69 Å². The Morgan fingerprint density at radius 2 is 1.85 bits per heavy atom. The van der Waals surface area contributed by atoms with E-state index in [9.17, 15) is 4.79 Å². The number of rotatable bonds is 3. The topological polar surface area (TPSA) is 57.8 Å². The largest absolute Gasteiger partial charge is 0.315 e. The fraction of sp³-hybridized carbons (Fsp3) is 0.750. The zero-order valence-corrected chi connectivity index (χ0v) is 12.1. The third-order valence-corrected chi connectivity index (χ3v) is 5.84. The van der Waals surface area contributed by atoms with E-state index in [0.29, 0.717) is 12.5 Å². The van der Waals surface area contributed by atoms with Gasteiger partial charge < -0.3 is 5.32 Å². The Bertz CT molecular complexity index is 537. The third kappa shape index (κ3) is 1.93. The number of hydrogen-bond donors (Lipinski definition) is 2. The summed E-state index contributed by atoms with van der Waals surface area (Å²) in [7, 11) is 1.88. The first-order valence-corrected chi connectivity index (χ1v) is 7.97. The van der Waals surface area contributed by atoms with Gasteiger partial charge in [-0.05, 0) is 68.9 Å². The lowest BCUT2D eigenvalue weighted by Crippen LogP contribution is -2.44. The van der Waals surface area contributed by atoms with Crippen molar-refractivity contribution in [2.45, 2.75) is 44.6 Å². The highest BCUT2D eigenvalue weighted by Gasteiger charge is 2.49. The van der Waals surface area contributed by atoms with Crippen LogP contribution in [-0.2, 0) is 6.54 Å². The van der Waals surface area contributed by atoms with E-state index in [2.05, 4.69) is 21.6 Å². The number of nitrogens with one attached hydrogen (secondary N) is 2. The van der Waals surface area contributed by atoms with Gasteiger partial charge in [-0.25, -0.2) is 5.10 Å². The summed E-state index contributed by atoms with van der Waals surface area (Å²) in [5, 5.41) is 10.2. The summed E-state index contributed by atoms with van der Waals surface area (Å²) in [5.41, 5.74) is 1.92. The van der Waals surface area contributed by atoms with Crippen LogP contribution in [0.5, 0.6) is 0 Å². The Morgan fingerprint density at radius 3 is 2.45 bits per heavy atom. The summed E-state index contributed by atoms with van der Waals surface area (Å²) < 4.78 is 0. The highest BCUT2D eigenvalue weighted by molar-refractivity contribution is 5.20. The maximum absolute atomic E-state index is 11.8. The Balaban J connectivity index is 1.67. The van der Waals surface area contributed by atoms with Gasteiger partial charge in [-0.2, -0.15) is 5.10 Å². The van der Waals surface area contributed by atoms with E-state index in [1.165, 1.54) is 32.1 Å². The van der Waals surface area contributed by atoms with Gasteiger partial charge in [0, 0.05) is 18.0 Å². The van der Waals surface area contributed by atoms with Gasteiger partial charge in [-0.3, -0.25) is 4.79 Å². The molecule has 2 N–H and O–H groups in total. The van der Waals surface area contributed by atoms with Gasteiger partial charge in [0.15, 0.2) is 0 Å². The molecule has 4 saturated carbocycles. The van der Waals surface area contributed by atoms with Crippen LogP contribution < -0.4 is 10.9 Å². The minimum Gasteiger partial charge on any atom is -0.315 e. The van der Waals surface area contributed by atoms with E-state index in [-0.39, 0.29) is 5.56 Å². The molecule has 4 bridgehead atoms. The van der Waals surface area contributed by atoms with Crippen LogP contribution in [0.4, 0.5) is 0 Å². The molecule has 1 aromatic heterocycles. The zero-order valence-electron chi connectivity index (χ0n) is 12.1. The minimum absolute atomic E-state index is 0.0492. The lowest BCUT2D eigenvalue weighted by molar-refractivity contribution is -0.00448. The summed E-state index contributed by atoms with van der Waals surface area (Å²) >= 11 is 0. The Kier molecular flexibility index (Phi) is 2.95. The van der Waals surface area contributed by atoms with E-state index in [0.717, 1.165) is 34.9 Å². The molecule has 1 aromatic rings. The van der Waals surface area contributed by atoms with Gasteiger partial charge in [-0.15, -0.1) is 0 Å². The molecule has 0 aliphatic heterocycles. The molecule has 0 radical (unpaired) electrons. The lowest BCUT2D eigenvalue weighted by atomic mass is 9.51. The molecular weight excluding hydrogens is 250 g/mol. The first-order valence-electron chi connectivity index (χ1n) is 7.97. The van der Waals surface area contributed by atoms with Crippen molar-refractivity contribution in [2.75, 3.05) is 7.05 Å². The first kappa shape index (κ1) is 12.6. The Morgan fingerprint density at radius 1 is 1.20 bits per heavy atom. The van der Waals surface area contributed by atoms with Gasteiger partial charge in [0.1, 0.15) is 0 Å². The van der Waals surface area contributed by atoms with Crippen molar-refractivity contribution in [3.8, 4) is 0 Å². The van der Waals surface area contributed by atoms with Crippen molar-refractivity contribution in [3.63, 3.8) is 0 Å². The molecule has 1 heterocycles. The van der Waals surface area contributed by atoms with Crippen molar-refractivity contribution >= 4 is 0 Å². The van der Waals surface area contributed by atoms with Gasteiger partial charge >= 0.3 is 0 Å². The van der Waals surface area contributed by atoms with Crippen molar-refractivity contribution < 1.29 is 0 Å². The van der Waals surface area contributed by atoms with Crippen LogP contribution >= 0.6 is 0 Å². The zero-order chi connectivity index (χ0) is 13.7. The van der Waals surface area contributed by atoms with Crippen LogP contribution in [0.2, 0.25) is 0 Å². The van der Waals surface area contributed by atoms with E-state index in [4.69, 9.17) is 0 Å². The van der Waals surface area contributed by atoms with Crippen LogP contribution in [0.3, 0.4) is 0 Å². The minimum atomic E-state index is -0.0492. The van der Waals surface area contributed by atoms with Crippen molar-refractivity contribution in [2.24, 2.45) is 23.7 Å². The second-order valence-electron chi connectivity index (χ2n) is 7.13. The second-order valence-corrected chi connectivity index (χ2v) is 7.13. The third-order valence-electron chi connectivity index (χ3n) is 5.84. The average Bonchev–Trinajstić information content (AvgIpc) is 2.41. The molecule has 0 aromatic carbocycles. The molecule has 20 heavy (non-hydrogen) atoms. The molecule has 108 valence electrons. The quantitative estimate of drug-likeness (QED) is 0.886. The number of nitrogens with zero attached hydrogens (tertiary/aromatic N) is 1. The van der Waals surface area contributed by atoms with Gasteiger partial charge in [0.2, 0.25) is 0 Å². The fourth-order valence-corrected chi connectivity index (χ4v) is 5.36. The van der Waals surface area contributed by atoms with Crippen LogP contribution in [0.25, 0.3) is 0 Å². The van der Waals surface area contributed by atoms with Gasteiger partial charge in [0.25, 0.3) is 5.56 Å². The lowest BCUT2D eigenvalue weighted by Gasteiger charge is -2.54. The molecular formula is C16H23N3O. The molecule has 4 aliphatic carbocycles. The molecule has 0 spiro atoms. The Labute approximate surface area is 119 Å². The molecule has 5 rings (SSSR count). The molecule has 4 fully saturated rings. The van der Waals surface area contributed by atoms with Crippen molar-refractivity contribution in [3.05, 3.63) is 27.7 Å². The van der Waals surface area contributed by atoms with Crippen LogP contribution in [0.15, 0.2) is 10.9 Å². The first-order chi connectivity index (χ1) is 9.74. The van der Waals surface area contributed by atoms with E-state index >= 15 is 0 Å². The summed E-state index contributed by atoms with van der Waals surface area (Å²) in [6.45, 7) is 0.623. The maximum Gasteiger partial charge on any atom is 0.268 e. The van der Waals surface area contributed by atoms with E-state index < -0.39 is 0 Å². The van der Waals surface area contributed by atoms with E-state index in [1.807, 2.05) is 7.05 Å². The van der Waals surface area contributed by atoms with Crippen LogP contribution in [-0.4, -0.2) is 17.2 Å². The molecule has 4 heteroatoms. The highest BCUT2D eigenvalue weighted by atomic mass is 16.1. The van der Waals surface area contributed by atoms with Crippen LogP contribution in [0, 0.1) is 23.7 Å². The molecule has 4 nitrogen and oxygen atoms in total. The average molecular weight is 273 g/mol. The Hall–Kier alpha value is -1.16. The summed E-state index contributed by atoms with van der Waals surface area (Å²) in [6.07, 6.45) is 7.03. The SMILES string of the molecule is CNCc1cc(C2C3CC4CC(C3)CC2C4)n[nH]c1=O. The maximum atomic E-state index is 11.8. The van der Waals surface area contributed by atoms with Crippen molar-refractivity contribution in [1.82, 2.24) is 15.5 Å².